The van der Waals surface area contributed by atoms with E-state index in [0.717, 1.165) is 6.07 Å². The molecule has 10 heteroatoms. The average Bonchev–Trinajstić information content (AvgIpc) is 3.06. The number of morpholine rings is 1. The smallest absolute Gasteiger partial charge is 0.345 e. The molecule has 0 aliphatic carbocycles. The van der Waals surface area contributed by atoms with E-state index in [4.69, 9.17) is 18.9 Å². The maximum atomic E-state index is 12.1. The lowest BCUT2D eigenvalue weighted by Crippen LogP contribution is -2.42. The summed E-state index contributed by atoms with van der Waals surface area (Å²) < 4.78 is 20.2. The van der Waals surface area contributed by atoms with Crippen molar-refractivity contribution in [3.8, 4) is 11.5 Å². The molecule has 0 bridgehead atoms. The molecule has 0 saturated carbocycles. The van der Waals surface area contributed by atoms with E-state index in [1.165, 1.54) is 11.0 Å². The Morgan fingerprint density at radius 3 is 2.54 bits per heavy atom. The second-order valence-electron chi connectivity index (χ2n) is 5.05. The van der Waals surface area contributed by atoms with E-state index in [1.54, 1.807) is 0 Å². The second kappa shape index (κ2) is 6.71. The largest absolute Gasteiger partial charge is 0.454 e. The summed E-state index contributed by atoms with van der Waals surface area (Å²) in [4.78, 5) is 36.0. The molecule has 1 saturated heterocycles. The third kappa shape index (κ3) is 3.23. The van der Waals surface area contributed by atoms with Gasteiger partial charge in [0.05, 0.1) is 24.2 Å². The van der Waals surface area contributed by atoms with Crippen LogP contribution < -0.4 is 9.47 Å². The molecule has 3 rings (SSSR count). The number of benzene rings is 1. The molecular weight excluding hydrogens is 324 g/mol. The Hall–Kier alpha value is -2.88. The molecule has 1 aromatic carbocycles. The Morgan fingerprint density at radius 1 is 1.21 bits per heavy atom. The van der Waals surface area contributed by atoms with Gasteiger partial charge in [0.2, 0.25) is 6.79 Å². The van der Waals surface area contributed by atoms with Crippen molar-refractivity contribution in [3.05, 3.63) is 27.8 Å². The molecule has 24 heavy (non-hydrogen) atoms. The monoisotopic (exact) mass is 338 g/mol. The molecule has 2 heterocycles. The standard InChI is InChI=1S/C14H14N2O8/c17-13(15-1-3-21-4-2-15)7-22-14(18)9-5-11-12(24-8-23-11)6-10(9)16(19)20/h5-6H,1-4,7-8H2. The number of amides is 1. The number of hydrogen-bond acceptors (Lipinski definition) is 8. The number of fused-ring (bicyclic) bond motifs is 1. The predicted molar refractivity (Wildman–Crippen MR) is 76.9 cm³/mol. The molecule has 128 valence electrons. The number of carbonyl (C=O) groups excluding carboxylic acids is 2. The van der Waals surface area contributed by atoms with Crippen LogP contribution in [-0.2, 0) is 14.3 Å². The number of esters is 1. The number of nitro groups is 1. The first kappa shape index (κ1) is 16.0. The Balaban J connectivity index is 1.70. The zero-order valence-electron chi connectivity index (χ0n) is 12.6. The van der Waals surface area contributed by atoms with E-state index in [-0.39, 0.29) is 29.8 Å². The van der Waals surface area contributed by atoms with Gasteiger partial charge in [0.25, 0.3) is 11.6 Å². The molecule has 0 radical (unpaired) electrons. The number of ether oxygens (including phenoxy) is 4. The first-order valence-electron chi connectivity index (χ1n) is 7.17. The first-order valence-corrected chi connectivity index (χ1v) is 7.17. The van der Waals surface area contributed by atoms with Crippen LogP contribution in [0.1, 0.15) is 10.4 Å². The highest BCUT2D eigenvalue weighted by Gasteiger charge is 2.29. The minimum atomic E-state index is -0.971. The second-order valence-corrected chi connectivity index (χ2v) is 5.05. The van der Waals surface area contributed by atoms with Crippen LogP contribution in [0.2, 0.25) is 0 Å². The van der Waals surface area contributed by atoms with Gasteiger partial charge in [-0.15, -0.1) is 0 Å². The molecule has 1 fully saturated rings. The van der Waals surface area contributed by atoms with E-state index in [0.29, 0.717) is 26.3 Å². The van der Waals surface area contributed by atoms with Crippen LogP contribution in [0.3, 0.4) is 0 Å². The van der Waals surface area contributed by atoms with Crippen LogP contribution in [0.5, 0.6) is 11.5 Å². The van der Waals surface area contributed by atoms with E-state index in [1.807, 2.05) is 0 Å². The Kier molecular flexibility index (Phi) is 4.47. The number of nitro benzene ring substituents is 1. The van der Waals surface area contributed by atoms with Crippen molar-refractivity contribution in [3.63, 3.8) is 0 Å². The third-order valence-electron chi connectivity index (χ3n) is 3.60. The fourth-order valence-electron chi connectivity index (χ4n) is 2.35. The van der Waals surface area contributed by atoms with E-state index in [9.17, 15) is 19.7 Å². The lowest BCUT2D eigenvalue weighted by Gasteiger charge is -2.26. The van der Waals surface area contributed by atoms with Crippen molar-refractivity contribution >= 4 is 17.6 Å². The molecule has 2 aliphatic rings. The molecule has 2 aliphatic heterocycles. The summed E-state index contributed by atoms with van der Waals surface area (Å²) in [6.07, 6.45) is 0. The number of nitrogens with zero attached hydrogens (tertiary/aromatic N) is 2. The van der Waals surface area contributed by atoms with Gasteiger partial charge in [-0.25, -0.2) is 4.79 Å². The number of carbonyl (C=O) groups is 2. The van der Waals surface area contributed by atoms with Gasteiger partial charge in [0.1, 0.15) is 5.56 Å². The van der Waals surface area contributed by atoms with Gasteiger partial charge in [-0.2, -0.15) is 0 Å². The summed E-state index contributed by atoms with van der Waals surface area (Å²) >= 11 is 0. The zero-order valence-corrected chi connectivity index (χ0v) is 12.6. The van der Waals surface area contributed by atoms with Gasteiger partial charge in [-0.3, -0.25) is 14.9 Å². The minimum absolute atomic E-state index is 0.0828. The van der Waals surface area contributed by atoms with Gasteiger partial charge in [-0.05, 0) is 0 Å². The van der Waals surface area contributed by atoms with E-state index < -0.39 is 23.2 Å². The minimum Gasteiger partial charge on any atom is -0.454 e. The van der Waals surface area contributed by atoms with Crippen LogP contribution in [0, 0.1) is 10.1 Å². The highest BCUT2D eigenvalue weighted by atomic mass is 16.7. The summed E-state index contributed by atoms with van der Waals surface area (Å²) in [5.74, 6) is -0.952. The first-order chi connectivity index (χ1) is 11.6. The fraction of sp³-hybridized carbons (Fsp3) is 0.429. The highest BCUT2D eigenvalue weighted by molar-refractivity contribution is 5.96. The van der Waals surface area contributed by atoms with Crippen LogP contribution in [0.4, 0.5) is 5.69 Å². The van der Waals surface area contributed by atoms with Crippen molar-refractivity contribution in [1.82, 2.24) is 4.90 Å². The summed E-state index contributed by atoms with van der Waals surface area (Å²) in [5.41, 5.74) is -0.762. The third-order valence-corrected chi connectivity index (χ3v) is 3.60. The van der Waals surface area contributed by atoms with Crippen LogP contribution in [-0.4, -0.2) is 61.4 Å². The SMILES string of the molecule is O=C(OCC(=O)N1CCOCC1)c1cc2c(cc1[N+](=O)[O-])OCO2. The number of rotatable bonds is 4. The van der Waals surface area contributed by atoms with Gasteiger partial charge in [0.15, 0.2) is 18.1 Å². The van der Waals surface area contributed by atoms with Gasteiger partial charge < -0.3 is 23.8 Å². The summed E-state index contributed by atoms with van der Waals surface area (Å²) in [5, 5.41) is 11.1. The quantitative estimate of drug-likeness (QED) is 0.438. The Morgan fingerprint density at radius 2 is 1.88 bits per heavy atom. The van der Waals surface area contributed by atoms with Crippen LogP contribution >= 0.6 is 0 Å². The van der Waals surface area contributed by atoms with Crippen LogP contribution in [0.15, 0.2) is 12.1 Å². The molecule has 0 aromatic heterocycles. The molecule has 0 atom stereocenters. The highest BCUT2D eigenvalue weighted by Crippen LogP contribution is 2.38. The van der Waals surface area contributed by atoms with Crippen LogP contribution in [0.25, 0.3) is 0 Å². The molecule has 1 amide bonds. The lowest BCUT2D eigenvalue weighted by atomic mass is 10.1. The van der Waals surface area contributed by atoms with Gasteiger partial charge in [-0.1, -0.05) is 0 Å². The Labute approximate surface area is 136 Å². The molecule has 0 N–H and O–H groups in total. The fourth-order valence-corrected chi connectivity index (χ4v) is 2.35. The van der Waals surface area contributed by atoms with Gasteiger partial charge in [0, 0.05) is 19.2 Å². The van der Waals surface area contributed by atoms with E-state index in [2.05, 4.69) is 0 Å². The lowest BCUT2D eigenvalue weighted by molar-refractivity contribution is -0.385. The normalized spacial score (nSPS) is 15.9. The Bertz CT molecular complexity index is 684. The predicted octanol–water partition coefficient (Wildman–Crippen LogP) is 0.339. The molecule has 0 spiro atoms. The number of hydrogen-bond donors (Lipinski definition) is 0. The summed E-state index contributed by atoms with van der Waals surface area (Å²) in [7, 11) is 0. The maximum absolute atomic E-state index is 12.1. The van der Waals surface area contributed by atoms with E-state index >= 15 is 0 Å². The van der Waals surface area contributed by atoms with Crippen molar-refractivity contribution in [2.24, 2.45) is 0 Å². The van der Waals surface area contributed by atoms with Crippen molar-refractivity contribution in [2.45, 2.75) is 0 Å². The topological polar surface area (TPSA) is 117 Å². The molecular formula is C14H14N2O8. The van der Waals surface area contributed by atoms with Crippen molar-refractivity contribution < 1.29 is 33.5 Å². The summed E-state index contributed by atoms with van der Waals surface area (Å²) in [6, 6.07) is 2.28. The van der Waals surface area contributed by atoms with Crippen molar-refractivity contribution in [2.75, 3.05) is 39.7 Å². The maximum Gasteiger partial charge on any atom is 0.345 e. The summed E-state index contributed by atoms with van der Waals surface area (Å²) in [6.45, 7) is 1.10. The molecule has 1 aromatic rings. The van der Waals surface area contributed by atoms with Gasteiger partial charge >= 0.3 is 5.97 Å². The molecule has 0 unspecified atom stereocenters. The zero-order chi connectivity index (χ0) is 17.1. The average molecular weight is 338 g/mol. The molecule has 10 nitrogen and oxygen atoms in total. The van der Waals surface area contributed by atoms with Crippen molar-refractivity contribution in [1.29, 1.82) is 0 Å².